The van der Waals surface area contributed by atoms with Gasteiger partial charge in [0.2, 0.25) is 0 Å². The molecule has 3 rings (SSSR count). The number of fused-ring (bicyclic) bond motifs is 1. The lowest BCUT2D eigenvalue weighted by atomic mass is 9.97. The Morgan fingerprint density at radius 1 is 1.20 bits per heavy atom. The van der Waals surface area contributed by atoms with Gasteiger partial charge < -0.3 is 9.80 Å². The first kappa shape index (κ1) is 13.6. The second-order valence-corrected chi connectivity index (χ2v) is 6.12. The van der Waals surface area contributed by atoms with Crippen molar-refractivity contribution < 1.29 is 4.79 Å². The number of nitrogens with zero attached hydrogens (tertiary/aromatic N) is 2. The maximum absolute atomic E-state index is 12.5. The van der Waals surface area contributed by atoms with Crippen molar-refractivity contribution in [2.45, 2.75) is 38.1 Å². The highest BCUT2D eigenvalue weighted by Crippen LogP contribution is 2.21. The van der Waals surface area contributed by atoms with Crippen LogP contribution in [-0.4, -0.2) is 48.4 Å². The molecule has 2 heterocycles. The van der Waals surface area contributed by atoms with E-state index in [0.29, 0.717) is 6.04 Å². The van der Waals surface area contributed by atoms with Crippen LogP contribution in [0.4, 0.5) is 0 Å². The Bertz CT molecular complexity index is 486. The summed E-state index contributed by atoms with van der Waals surface area (Å²) in [6.45, 7) is 3.00. The quantitative estimate of drug-likeness (QED) is 0.844. The SMILES string of the molecule is CN1CCCCC1CCN1CCc2ccccc2C1=O. The number of likely N-dealkylation sites (tertiary alicyclic amines) is 1. The average molecular weight is 272 g/mol. The molecule has 1 fully saturated rings. The molecule has 108 valence electrons. The average Bonchev–Trinajstić information content (AvgIpc) is 2.48. The fraction of sp³-hybridized carbons (Fsp3) is 0.588. The molecule has 0 saturated carbocycles. The lowest BCUT2D eigenvalue weighted by Crippen LogP contribution is -2.42. The number of piperidine rings is 1. The summed E-state index contributed by atoms with van der Waals surface area (Å²) in [6, 6.07) is 8.71. The maximum Gasteiger partial charge on any atom is 0.254 e. The zero-order chi connectivity index (χ0) is 13.9. The van der Waals surface area contributed by atoms with Crippen LogP contribution < -0.4 is 0 Å². The summed E-state index contributed by atoms with van der Waals surface area (Å²) in [7, 11) is 2.22. The van der Waals surface area contributed by atoms with Gasteiger partial charge in [-0.25, -0.2) is 0 Å². The molecule has 0 spiro atoms. The maximum atomic E-state index is 12.5. The van der Waals surface area contributed by atoms with Crippen molar-refractivity contribution in [2.24, 2.45) is 0 Å². The van der Waals surface area contributed by atoms with Crippen LogP contribution >= 0.6 is 0 Å². The first-order valence-corrected chi connectivity index (χ1v) is 7.83. The topological polar surface area (TPSA) is 23.6 Å². The van der Waals surface area contributed by atoms with Crippen molar-refractivity contribution in [1.82, 2.24) is 9.80 Å². The monoisotopic (exact) mass is 272 g/mol. The number of hydrogen-bond acceptors (Lipinski definition) is 2. The minimum Gasteiger partial charge on any atom is -0.338 e. The van der Waals surface area contributed by atoms with E-state index in [1.807, 2.05) is 23.1 Å². The van der Waals surface area contributed by atoms with Crippen LogP contribution in [0, 0.1) is 0 Å². The Morgan fingerprint density at radius 2 is 2.05 bits per heavy atom. The van der Waals surface area contributed by atoms with Crippen LogP contribution in [0.2, 0.25) is 0 Å². The highest BCUT2D eigenvalue weighted by Gasteiger charge is 2.25. The Morgan fingerprint density at radius 3 is 2.90 bits per heavy atom. The summed E-state index contributed by atoms with van der Waals surface area (Å²) < 4.78 is 0. The van der Waals surface area contributed by atoms with Gasteiger partial charge >= 0.3 is 0 Å². The first-order chi connectivity index (χ1) is 9.75. The van der Waals surface area contributed by atoms with Crippen molar-refractivity contribution >= 4 is 5.91 Å². The second kappa shape index (κ2) is 5.96. The first-order valence-electron chi connectivity index (χ1n) is 7.83. The summed E-state index contributed by atoms with van der Waals surface area (Å²) in [5, 5.41) is 0. The Labute approximate surface area is 121 Å². The molecule has 2 aliphatic rings. The number of hydrogen-bond donors (Lipinski definition) is 0. The Kier molecular flexibility index (Phi) is 4.06. The van der Waals surface area contributed by atoms with Crippen molar-refractivity contribution in [1.29, 1.82) is 0 Å². The van der Waals surface area contributed by atoms with Gasteiger partial charge in [0.15, 0.2) is 0 Å². The van der Waals surface area contributed by atoms with Crippen molar-refractivity contribution in [3.05, 3.63) is 35.4 Å². The third kappa shape index (κ3) is 2.73. The molecule has 1 aromatic rings. The zero-order valence-corrected chi connectivity index (χ0v) is 12.3. The van der Waals surface area contributed by atoms with Crippen LogP contribution in [0.25, 0.3) is 0 Å². The van der Waals surface area contributed by atoms with Gasteiger partial charge in [0.1, 0.15) is 0 Å². The Hall–Kier alpha value is -1.35. The van der Waals surface area contributed by atoms with Crippen LogP contribution in [0.1, 0.15) is 41.6 Å². The normalized spacial score (nSPS) is 23.8. The number of carbonyl (C=O) groups is 1. The molecular formula is C17H24N2O. The third-order valence-electron chi connectivity index (χ3n) is 4.84. The molecule has 1 saturated heterocycles. The van der Waals surface area contributed by atoms with Crippen LogP contribution in [0.15, 0.2) is 24.3 Å². The minimum atomic E-state index is 0.227. The number of amides is 1. The van der Waals surface area contributed by atoms with Gasteiger partial charge in [-0.2, -0.15) is 0 Å². The molecule has 3 heteroatoms. The van der Waals surface area contributed by atoms with Crippen molar-refractivity contribution in [3.8, 4) is 0 Å². The van der Waals surface area contributed by atoms with E-state index in [9.17, 15) is 4.79 Å². The van der Waals surface area contributed by atoms with E-state index < -0.39 is 0 Å². The summed E-state index contributed by atoms with van der Waals surface area (Å²) >= 11 is 0. The molecule has 3 nitrogen and oxygen atoms in total. The fourth-order valence-corrected chi connectivity index (χ4v) is 3.50. The van der Waals surface area contributed by atoms with Gasteiger partial charge in [0.05, 0.1) is 0 Å². The minimum absolute atomic E-state index is 0.227. The molecule has 1 aromatic carbocycles. The van der Waals surface area contributed by atoms with E-state index in [-0.39, 0.29) is 5.91 Å². The van der Waals surface area contributed by atoms with E-state index in [0.717, 1.165) is 31.5 Å². The summed E-state index contributed by atoms with van der Waals surface area (Å²) in [5.41, 5.74) is 2.12. The smallest absolute Gasteiger partial charge is 0.254 e. The van der Waals surface area contributed by atoms with Gasteiger partial charge in [-0.3, -0.25) is 4.79 Å². The molecule has 1 atom stereocenters. The second-order valence-electron chi connectivity index (χ2n) is 6.12. The molecule has 0 aliphatic carbocycles. The lowest BCUT2D eigenvalue weighted by Gasteiger charge is -2.35. The highest BCUT2D eigenvalue weighted by molar-refractivity contribution is 5.96. The summed E-state index contributed by atoms with van der Waals surface area (Å²) in [4.78, 5) is 17.0. The van der Waals surface area contributed by atoms with Crippen molar-refractivity contribution in [3.63, 3.8) is 0 Å². The zero-order valence-electron chi connectivity index (χ0n) is 12.3. The van der Waals surface area contributed by atoms with Crippen LogP contribution in [0.3, 0.4) is 0 Å². The van der Waals surface area contributed by atoms with Gasteiger partial charge in [0.25, 0.3) is 5.91 Å². The van der Waals surface area contributed by atoms with E-state index in [2.05, 4.69) is 18.0 Å². The van der Waals surface area contributed by atoms with Crippen LogP contribution in [0.5, 0.6) is 0 Å². The molecule has 1 unspecified atom stereocenters. The molecular weight excluding hydrogens is 248 g/mol. The highest BCUT2D eigenvalue weighted by atomic mass is 16.2. The van der Waals surface area contributed by atoms with Gasteiger partial charge in [0, 0.05) is 24.7 Å². The largest absolute Gasteiger partial charge is 0.338 e. The number of benzene rings is 1. The molecule has 0 bridgehead atoms. The van der Waals surface area contributed by atoms with E-state index in [4.69, 9.17) is 0 Å². The van der Waals surface area contributed by atoms with Crippen molar-refractivity contribution in [2.75, 3.05) is 26.7 Å². The lowest BCUT2D eigenvalue weighted by molar-refractivity contribution is 0.0710. The molecule has 2 aliphatic heterocycles. The number of carbonyl (C=O) groups excluding carboxylic acids is 1. The van der Waals surface area contributed by atoms with E-state index >= 15 is 0 Å². The molecule has 0 N–H and O–H groups in total. The van der Waals surface area contributed by atoms with Gasteiger partial charge in [-0.1, -0.05) is 24.6 Å². The standard InChI is InChI=1S/C17H24N2O/c1-18-11-5-4-7-15(18)10-13-19-12-9-14-6-2-3-8-16(14)17(19)20/h2-3,6,8,15H,4-5,7,9-13H2,1H3. The predicted molar refractivity (Wildman–Crippen MR) is 80.9 cm³/mol. The van der Waals surface area contributed by atoms with Gasteiger partial charge in [-0.15, -0.1) is 0 Å². The molecule has 20 heavy (non-hydrogen) atoms. The van der Waals surface area contributed by atoms with E-state index in [1.54, 1.807) is 0 Å². The predicted octanol–water partition coefficient (Wildman–Crippen LogP) is 2.56. The molecule has 0 radical (unpaired) electrons. The third-order valence-corrected chi connectivity index (χ3v) is 4.84. The molecule has 1 amide bonds. The Balaban J connectivity index is 1.60. The van der Waals surface area contributed by atoms with Gasteiger partial charge in [-0.05, 0) is 50.9 Å². The van der Waals surface area contributed by atoms with Crippen LogP contribution in [-0.2, 0) is 6.42 Å². The summed E-state index contributed by atoms with van der Waals surface area (Å²) in [5.74, 6) is 0.227. The number of rotatable bonds is 3. The fourth-order valence-electron chi connectivity index (χ4n) is 3.50. The molecule has 0 aromatic heterocycles. The van der Waals surface area contributed by atoms with E-state index in [1.165, 1.54) is 31.4 Å². The summed E-state index contributed by atoms with van der Waals surface area (Å²) in [6.07, 6.45) is 6.07.